The zero-order chi connectivity index (χ0) is 23.1. The number of carbonyl (C=O) groups is 2. The number of aromatic nitrogens is 2. The van der Waals surface area contributed by atoms with Crippen molar-refractivity contribution in [2.45, 2.75) is 25.8 Å². The van der Waals surface area contributed by atoms with Gasteiger partial charge in [0.2, 0.25) is 5.91 Å². The molecule has 3 heterocycles. The minimum Gasteiger partial charge on any atom is -0.480 e. The van der Waals surface area contributed by atoms with Crippen LogP contribution in [0.2, 0.25) is 0 Å². The van der Waals surface area contributed by atoms with E-state index in [4.69, 9.17) is 4.42 Å². The molecule has 2 aromatic heterocycles. The number of carbonyl (C=O) groups excluding carboxylic acids is 1. The Morgan fingerprint density at radius 1 is 1.18 bits per heavy atom. The van der Waals surface area contributed by atoms with E-state index in [1.165, 1.54) is 12.1 Å². The summed E-state index contributed by atoms with van der Waals surface area (Å²) in [6, 6.07) is 12.5. The number of aryl methyl sites for hydroxylation is 1. The van der Waals surface area contributed by atoms with Crippen molar-refractivity contribution < 1.29 is 23.5 Å². The zero-order valence-corrected chi connectivity index (χ0v) is 17.8. The van der Waals surface area contributed by atoms with Crippen LogP contribution < -0.4 is 10.2 Å². The van der Waals surface area contributed by atoms with Gasteiger partial charge in [0.25, 0.3) is 0 Å². The van der Waals surface area contributed by atoms with Crippen molar-refractivity contribution in [3.63, 3.8) is 0 Å². The van der Waals surface area contributed by atoms with Crippen LogP contribution in [-0.2, 0) is 9.59 Å². The van der Waals surface area contributed by atoms with Crippen molar-refractivity contribution in [2.24, 2.45) is 5.92 Å². The third-order valence-electron chi connectivity index (χ3n) is 5.88. The summed E-state index contributed by atoms with van der Waals surface area (Å²) in [5, 5.41) is 13.3. The number of carboxylic acids is 1. The summed E-state index contributed by atoms with van der Waals surface area (Å²) in [7, 11) is 0. The van der Waals surface area contributed by atoms with E-state index >= 15 is 0 Å². The van der Waals surface area contributed by atoms with Crippen LogP contribution in [0.15, 0.2) is 52.9 Å². The molecule has 1 amide bonds. The fraction of sp³-hybridized carbons (Fsp3) is 0.250. The number of hydrogen-bond acceptors (Lipinski definition) is 6. The lowest BCUT2D eigenvalue weighted by atomic mass is 10.0. The Balaban J connectivity index is 1.44. The number of nitrogens with one attached hydrogen (secondary N) is 1. The molecule has 0 bridgehead atoms. The van der Waals surface area contributed by atoms with Crippen molar-refractivity contribution in [3.05, 3.63) is 60.2 Å². The molecule has 2 aromatic carbocycles. The van der Waals surface area contributed by atoms with Gasteiger partial charge in [0, 0.05) is 18.4 Å². The quantitative estimate of drug-likeness (QED) is 0.472. The summed E-state index contributed by atoms with van der Waals surface area (Å²) < 4.78 is 19.9. The minimum absolute atomic E-state index is 0.0575. The van der Waals surface area contributed by atoms with Gasteiger partial charge in [-0.25, -0.2) is 19.2 Å². The fourth-order valence-corrected chi connectivity index (χ4v) is 4.44. The monoisotopic (exact) mass is 448 g/mol. The van der Waals surface area contributed by atoms with Crippen molar-refractivity contribution in [1.82, 2.24) is 9.97 Å². The molecule has 33 heavy (non-hydrogen) atoms. The number of benzene rings is 2. The Bertz CT molecular complexity index is 1390. The summed E-state index contributed by atoms with van der Waals surface area (Å²) >= 11 is 0. The first kappa shape index (κ1) is 20.9. The summed E-state index contributed by atoms with van der Waals surface area (Å²) in [5.41, 5.74) is 1.78. The first-order valence-corrected chi connectivity index (χ1v) is 10.6. The molecule has 9 heteroatoms. The maximum atomic E-state index is 13.9. The second kappa shape index (κ2) is 8.16. The SMILES string of the molecule is Cc1nc(N2C[C@@H](CC(=O)Nc3ccccc3F)C[C@H]2C(=O)O)c2oc3ccccc3c2n1. The topological polar surface area (TPSA) is 109 Å². The van der Waals surface area contributed by atoms with Crippen molar-refractivity contribution in [1.29, 1.82) is 0 Å². The highest BCUT2D eigenvalue weighted by Gasteiger charge is 2.40. The molecule has 1 aliphatic heterocycles. The van der Waals surface area contributed by atoms with Crippen LogP contribution in [0.4, 0.5) is 15.9 Å². The lowest BCUT2D eigenvalue weighted by molar-refractivity contribution is -0.138. The Hall–Kier alpha value is -4.01. The van der Waals surface area contributed by atoms with Gasteiger partial charge in [0.05, 0.1) is 5.69 Å². The van der Waals surface area contributed by atoms with Crippen LogP contribution in [0.25, 0.3) is 22.1 Å². The number of nitrogens with zero attached hydrogens (tertiary/aromatic N) is 3. The summed E-state index contributed by atoms with van der Waals surface area (Å²) in [6.07, 6.45) is 0.312. The molecule has 0 radical (unpaired) electrons. The molecule has 1 fully saturated rings. The molecule has 1 aliphatic rings. The van der Waals surface area contributed by atoms with Gasteiger partial charge in [-0.1, -0.05) is 24.3 Å². The van der Waals surface area contributed by atoms with Gasteiger partial charge in [0.1, 0.15) is 28.8 Å². The molecule has 8 nitrogen and oxygen atoms in total. The second-order valence-electron chi connectivity index (χ2n) is 8.21. The van der Waals surface area contributed by atoms with Gasteiger partial charge in [0.15, 0.2) is 11.4 Å². The molecule has 2 atom stereocenters. The Morgan fingerprint density at radius 2 is 1.94 bits per heavy atom. The van der Waals surface area contributed by atoms with Gasteiger partial charge in [-0.2, -0.15) is 0 Å². The third kappa shape index (κ3) is 3.86. The number of fused-ring (bicyclic) bond motifs is 3. The molecule has 0 aliphatic carbocycles. The molecular weight excluding hydrogens is 427 g/mol. The largest absolute Gasteiger partial charge is 0.480 e. The molecule has 1 saturated heterocycles. The van der Waals surface area contributed by atoms with Gasteiger partial charge < -0.3 is 19.7 Å². The molecule has 0 unspecified atom stereocenters. The van der Waals surface area contributed by atoms with Crippen LogP contribution in [0, 0.1) is 18.7 Å². The van der Waals surface area contributed by atoms with E-state index in [1.54, 1.807) is 24.0 Å². The smallest absolute Gasteiger partial charge is 0.326 e. The van der Waals surface area contributed by atoms with Gasteiger partial charge in [-0.05, 0) is 43.5 Å². The number of rotatable bonds is 5. The Kier molecular flexibility index (Phi) is 5.16. The highest BCUT2D eigenvalue weighted by atomic mass is 19.1. The number of furan rings is 1. The first-order chi connectivity index (χ1) is 15.9. The van der Waals surface area contributed by atoms with Crippen molar-refractivity contribution in [2.75, 3.05) is 16.8 Å². The molecule has 0 spiro atoms. The molecule has 5 rings (SSSR count). The molecule has 4 aromatic rings. The number of anilines is 2. The average molecular weight is 448 g/mol. The van der Waals surface area contributed by atoms with Crippen LogP contribution in [-0.4, -0.2) is 39.5 Å². The molecule has 168 valence electrons. The molecule has 0 saturated carbocycles. The van der Waals surface area contributed by atoms with E-state index in [-0.39, 0.29) is 30.4 Å². The number of halogens is 1. The van der Waals surface area contributed by atoms with E-state index in [0.29, 0.717) is 34.9 Å². The van der Waals surface area contributed by atoms with Gasteiger partial charge in [-0.3, -0.25) is 4.79 Å². The lowest BCUT2D eigenvalue weighted by Gasteiger charge is -2.22. The second-order valence-corrected chi connectivity index (χ2v) is 8.21. The third-order valence-corrected chi connectivity index (χ3v) is 5.88. The highest BCUT2D eigenvalue weighted by molar-refractivity contribution is 6.06. The van der Waals surface area contributed by atoms with Gasteiger partial charge in [-0.15, -0.1) is 0 Å². The Morgan fingerprint density at radius 3 is 2.73 bits per heavy atom. The van der Waals surface area contributed by atoms with Gasteiger partial charge >= 0.3 is 5.97 Å². The number of para-hydroxylation sites is 2. The maximum absolute atomic E-state index is 13.9. The van der Waals surface area contributed by atoms with E-state index in [0.717, 1.165) is 5.39 Å². The van der Waals surface area contributed by atoms with E-state index < -0.39 is 17.8 Å². The van der Waals surface area contributed by atoms with Crippen molar-refractivity contribution in [3.8, 4) is 0 Å². The van der Waals surface area contributed by atoms with E-state index in [9.17, 15) is 19.1 Å². The predicted octanol–water partition coefficient (Wildman–Crippen LogP) is 4.13. The number of aliphatic carboxylic acids is 1. The number of hydrogen-bond donors (Lipinski definition) is 2. The standard InChI is InChI=1S/C24H21FN4O4/c1-13-26-21-15-6-2-5-9-19(15)33-22(21)23(27-13)29-12-14(10-18(29)24(31)32)11-20(30)28-17-8-4-3-7-16(17)25/h2-9,14,18H,10-12H2,1H3,(H,28,30)(H,31,32)/t14-,18+/m1/s1. The van der Waals surface area contributed by atoms with Crippen molar-refractivity contribution >= 4 is 45.5 Å². The predicted molar refractivity (Wildman–Crippen MR) is 121 cm³/mol. The average Bonchev–Trinajstić information content (AvgIpc) is 3.36. The maximum Gasteiger partial charge on any atom is 0.326 e. The fourth-order valence-electron chi connectivity index (χ4n) is 4.44. The van der Waals surface area contributed by atoms with E-state index in [2.05, 4.69) is 15.3 Å². The lowest BCUT2D eigenvalue weighted by Crippen LogP contribution is -2.36. The van der Waals surface area contributed by atoms with Crippen LogP contribution in [0.5, 0.6) is 0 Å². The summed E-state index contributed by atoms with van der Waals surface area (Å²) in [5.74, 6) is -1.26. The van der Waals surface area contributed by atoms with E-state index in [1.807, 2.05) is 24.3 Å². The molecular formula is C24H21FN4O4. The zero-order valence-electron chi connectivity index (χ0n) is 17.8. The minimum atomic E-state index is -1.01. The van der Waals surface area contributed by atoms with Crippen LogP contribution >= 0.6 is 0 Å². The summed E-state index contributed by atoms with van der Waals surface area (Å²) in [4.78, 5) is 35.3. The highest BCUT2D eigenvalue weighted by Crippen LogP contribution is 2.37. The first-order valence-electron chi connectivity index (χ1n) is 10.6. The number of amides is 1. The van der Waals surface area contributed by atoms with Crippen LogP contribution in [0.3, 0.4) is 0 Å². The summed E-state index contributed by atoms with van der Waals surface area (Å²) in [6.45, 7) is 2.04. The Labute approximate surface area is 188 Å². The molecule has 2 N–H and O–H groups in total. The normalized spacial score (nSPS) is 18.2. The number of carboxylic acid groups (broad SMARTS) is 1. The van der Waals surface area contributed by atoms with Crippen LogP contribution in [0.1, 0.15) is 18.7 Å².